The molecular formula is C126H83N7. The van der Waals surface area contributed by atoms with Crippen LogP contribution in [0.5, 0.6) is 0 Å². The van der Waals surface area contributed by atoms with Gasteiger partial charge >= 0.3 is 0 Å². The average molecular weight is 1700 g/mol. The lowest BCUT2D eigenvalue weighted by Gasteiger charge is -2.17. The van der Waals surface area contributed by atoms with Gasteiger partial charge in [-0.05, 0) is 208 Å². The number of aromatic nitrogens is 7. The third-order valence-electron chi connectivity index (χ3n) is 27.2. The van der Waals surface area contributed by atoms with Crippen LogP contribution in [0.3, 0.4) is 0 Å². The van der Waals surface area contributed by atoms with Gasteiger partial charge in [-0.25, -0.2) is 0 Å². The Balaban J connectivity index is 0.000000105. The topological polar surface area (TPSA) is 34.5 Å². The highest BCUT2D eigenvalue weighted by molar-refractivity contribution is 6.16. The Kier molecular flexibility index (Phi) is 18.2. The lowest BCUT2D eigenvalue weighted by molar-refractivity contribution is 1.10. The summed E-state index contributed by atoms with van der Waals surface area (Å²) in [6, 6.07) is 183. The van der Waals surface area contributed by atoms with E-state index < -0.39 is 0 Å². The number of fused-ring (bicyclic) bond motifs is 21. The van der Waals surface area contributed by atoms with Crippen LogP contribution in [0.4, 0.5) is 0 Å². The Bertz CT molecular complexity index is 8490. The standard InChI is InChI=1S/C48H32N2.C42H27N3.C36H24N2/c1-2-14-33(15-3-1)36-28-37(34-16-12-18-39(31-34)49-45-24-8-4-20-41(45)42-21-5-9-25-46(42)49)30-38(29-36)35-17-13-19-40(32-35)50-47-26-10-6-22-43(47)44-23-7-11-27-48(44)50;1-7-19-37-31(13-1)32-14-2-8-20-38(32)43(37)28-25-29(44-39-21-9-3-15-33(39)34-16-4-10-22-40(34)44)27-30(26-28)45-41-23-11-5-17-35(41)36-18-6-12-24-42(36)45;1-2-12-25(13-3-1)26-22-27(37-33-18-8-4-14-29(33)30-15-5-9-19-34(30)37)24-28(23-26)38-35-20-10-6-16-31(35)32-17-7-11-21-36(32)38/h1-32H;1-27H;1-24H. The second-order valence-electron chi connectivity index (χ2n) is 34.7. The molecule has 28 aromatic rings. The van der Waals surface area contributed by atoms with E-state index in [9.17, 15) is 0 Å². The van der Waals surface area contributed by atoms with E-state index in [0.29, 0.717) is 0 Å². The molecule has 0 aliphatic heterocycles. The van der Waals surface area contributed by atoms with E-state index in [0.717, 1.165) is 39.8 Å². The van der Waals surface area contributed by atoms with Gasteiger partial charge in [-0.15, -0.1) is 0 Å². The fourth-order valence-electron chi connectivity index (χ4n) is 21.4. The Hall–Kier alpha value is -17.8. The summed E-state index contributed by atoms with van der Waals surface area (Å²) in [5.74, 6) is 0. The van der Waals surface area contributed by atoms with Gasteiger partial charge in [0.15, 0.2) is 0 Å². The monoisotopic (exact) mass is 1690 g/mol. The fraction of sp³-hybridized carbons (Fsp3) is 0. The smallest absolute Gasteiger partial charge is 0.0541 e. The van der Waals surface area contributed by atoms with E-state index >= 15 is 0 Å². The molecule has 0 saturated heterocycles. The fourth-order valence-corrected chi connectivity index (χ4v) is 21.4. The van der Waals surface area contributed by atoms with E-state index in [2.05, 4.69) is 535 Å². The molecule has 133 heavy (non-hydrogen) atoms. The summed E-state index contributed by atoms with van der Waals surface area (Å²) in [5.41, 5.74) is 34.5. The molecule has 0 aliphatic carbocycles. The molecule has 21 aromatic carbocycles. The minimum atomic E-state index is 1.13. The van der Waals surface area contributed by atoms with Gasteiger partial charge < -0.3 is 32.0 Å². The van der Waals surface area contributed by atoms with E-state index in [1.807, 2.05) is 0 Å². The quantitative estimate of drug-likeness (QED) is 0.124. The van der Waals surface area contributed by atoms with Crippen molar-refractivity contribution in [3.05, 3.63) is 504 Å². The molecule has 622 valence electrons. The van der Waals surface area contributed by atoms with E-state index in [4.69, 9.17) is 0 Å². The highest BCUT2D eigenvalue weighted by atomic mass is 15.1. The van der Waals surface area contributed by atoms with Crippen molar-refractivity contribution in [2.45, 2.75) is 0 Å². The lowest BCUT2D eigenvalue weighted by atomic mass is 9.93. The number of para-hydroxylation sites is 14. The van der Waals surface area contributed by atoms with Crippen molar-refractivity contribution < 1.29 is 0 Å². The normalized spacial score (nSPS) is 11.8. The Morgan fingerprint density at radius 2 is 0.218 bits per heavy atom. The van der Waals surface area contributed by atoms with Crippen molar-refractivity contribution in [3.63, 3.8) is 0 Å². The van der Waals surface area contributed by atoms with Crippen molar-refractivity contribution in [2.75, 3.05) is 0 Å². The average Bonchev–Trinajstić information content (AvgIpc) is 1.55. The molecule has 7 aromatic heterocycles. The molecule has 0 saturated carbocycles. The number of benzene rings is 21. The van der Waals surface area contributed by atoms with Gasteiger partial charge in [-0.1, -0.05) is 340 Å². The third-order valence-corrected chi connectivity index (χ3v) is 27.2. The molecule has 7 heteroatoms. The SMILES string of the molecule is c1ccc(-c2cc(-c3cccc(-n4c5ccccc5c5ccccc54)c3)cc(-c3cccc(-n4c5ccccc5c5ccccc54)c3)c2)cc1.c1ccc(-c2cc(-n3c4ccccc4c4ccccc43)cc(-n3c4ccccc4c4ccccc43)c2)cc1.c1ccc2c(c1)c1ccccc1n2-c1cc(-n2c3ccccc3c3ccccc32)cc(-n2c3ccccc3c3ccccc32)c1. The van der Waals surface area contributed by atoms with Crippen LogP contribution in [0.1, 0.15) is 0 Å². The first-order valence-electron chi connectivity index (χ1n) is 45.7. The van der Waals surface area contributed by atoms with Crippen molar-refractivity contribution in [3.8, 4) is 84.3 Å². The molecule has 28 rings (SSSR count). The van der Waals surface area contributed by atoms with Crippen LogP contribution in [0.25, 0.3) is 237 Å². The van der Waals surface area contributed by atoms with Gasteiger partial charge in [0.2, 0.25) is 0 Å². The van der Waals surface area contributed by atoms with Crippen LogP contribution in [0, 0.1) is 0 Å². The lowest BCUT2D eigenvalue weighted by Crippen LogP contribution is -2.03. The predicted molar refractivity (Wildman–Crippen MR) is 561 cm³/mol. The zero-order valence-electron chi connectivity index (χ0n) is 72.6. The molecule has 0 N–H and O–H groups in total. The molecule has 0 unspecified atom stereocenters. The van der Waals surface area contributed by atoms with Crippen molar-refractivity contribution in [1.29, 1.82) is 0 Å². The number of nitrogens with zero attached hydrogens (tertiary/aromatic N) is 7. The Morgan fingerprint density at radius 1 is 0.0827 bits per heavy atom. The molecule has 0 radical (unpaired) electrons. The largest absolute Gasteiger partial charge is 0.309 e. The summed E-state index contributed by atoms with van der Waals surface area (Å²) in [6.45, 7) is 0. The number of hydrogen-bond donors (Lipinski definition) is 0. The van der Waals surface area contributed by atoms with Crippen LogP contribution >= 0.6 is 0 Å². The van der Waals surface area contributed by atoms with Gasteiger partial charge in [0.05, 0.1) is 94.3 Å². The van der Waals surface area contributed by atoms with Gasteiger partial charge in [-0.2, -0.15) is 0 Å². The highest BCUT2D eigenvalue weighted by Gasteiger charge is 2.24. The maximum absolute atomic E-state index is 2.43. The van der Waals surface area contributed by atoms with E-state index in [1.165, 1.54) is 197 Å². The second kappa shape index (κ2) is 31.6. The van der Waals surface area contributed by atoms with Crippen molar-refractivity contribution >= 4 is 153 Å². The zero-order chi connectivity index (χ0) is 87.6. The molecule has 0 bridgehead atoms. The van der Waals surface area contributed by atoms with Crippen molar-refractivity contribution in [1.82, 2.24) is 32.0 Å². The van der Waals surface area contributed by atoms with Gasteiger partial charge in [0.1, 0.15) is 0 Å². The summed E-state index contributed by atoms with van der Waals surface area (Å²) in [4.78, 5) is 0. The Morgan fingerprint density at radius 3 is 0.414 bits per heavy atom. The van der Waals surface area contributed by atoms with E-state index in [-0.39, 0.29) is 0 Å². The van der Waals surface area contributed by atoms with Gasteiger partial charge in [0.25, 0.3) is 0 Å². The molecule has 0 fully saturated rings. The van der Waals surface area contributed by atoms with Crippen LogP contribution in [0.15, 0.2) is 504 Å². The van der Waals surface area contributed by atoms with Gasteiger partial charge in [-0.3, -0.25) is 0 Å². The molecular weight excluding hydrogens is 1610 g/mol. The van der Waals surface area contributed by atoms with Crippen LogP contribution in [-0.2, 0) is 0 Å². The molecule has 0 aliphatic rings. The first-order chi connectivity index (χ1) is 66.0. The maximum Gasteiger partial charge on any atom is 0.0541 e. The minimum Gasteiger partial charge on any atom is -0.309 e. The van der Waals surface area contributed by atoms with Crippen LogP contribution < -0.4 is 0 Å². The Labute approximate surface area is 767 Å². The second-order valence-corrected chi connectivity index (χ2v) is 34.7. The van der Waals surface area contributed by atoms with E-state index in [1.54, 1.807) is 0 Å². The maximum atomic E-state index is 2.43. The summed E-state index contributed by atoms with van der Waals surface area (Å²) in [7, 11) is 0. The molecule has 0 spiro atoms. The molecule has 0 atom stereocenters. The number of rotatable bonds is 11. The third kappa shape index (κ3) is 12.7. The van der Waals surface area contributed by atoms with Crippen LogP contribution in [-0.4, -0.2) is 32.0 Å². The van der Waals surface area contributed by atoms with Crippen molar-refractivity contribution in [2.24, 2.45) is 0 Å². The summed E-state index contributed by atoms with van der Waals surface area (Å²) in [5, 5.41) is 17.7. The molecule has 0 amide bonds. The summed E-state index contributed by atoms with van der Waals surface area (Å²) in [6.07, 6.45) is 0. The predicted octanol–water partition coefficient (Wildman–Crippen LogP) is 33.4. The first kappa shape index (κ1) is 76.5. The van der Waals surface area contributed by atoms with Gasteiger partial charge in [0, 0.05) is 98.2 Å². The summed E-state index contributed by atoms with van der Waals surface area (Å²) >= 11 is 0. The number of hydrogen-bond acceptors (Lipinski definition) is 0. The first-order valence-corrected chi connectivity index (χ1v) is 45.7. The molecule has 7 nitrogen and oxygen atoms in total. The van der Waals surface area contributed by atoms with Crippen LogP contribution in [0.2, 0.25) is 0 Å². The summed E-state index contributed by atoms with van der Waals surface area (Å²) < 4.78 is 16.9. The molecule has 7 heterocycles. The highest BCUT2D eigenvalue weighted by Crippen LogP contribution is 2.45. The minimum absolute atomic E-state index is 1.13. The zero-order valence-corrected chi connectivity index (χ0v) is 72.6.